The summed E-state index contributed by atoms with van der Waals surface area (Å²) < 4.78 is 0. The van der Waals surface area contributed by atoms with Crippen molar-refractivity contribution in [1.82, 2.24) is 0 Å². The van der Waals surface area contributed by atoms with Crippen molar-refractivity contribution in [3.8, 4) is 0 Å². The Labute approximate surface area is 101 Å². The number of nitrogens with two attached hydrogens (primary N) is 1. The summed E-state index contributed by atoms with van der Waals surface area (Å²) in [5, 5.41) is 13.6. The van der Waals surface area contributed by atoms with Crippen molar-refractivity contribution in [3.05, 3.63) is 23.2 Å². The van der Waals surface area contributed by atoms with Crippen molar-refractivity contribution in [1.29, 1.82) is 0 Å². The lowest BCUT2D eigenvalue weighted by Crippen LogP contribution is -2.22. The lowest BCUT2D eigenvalue weighted by Gasteiger charge is -2.17. The first-order valence-corrected chi connectivity index (χ1v) is 6.01. The van der Waals surface area contributed by atoms with Crippen LogP contribution in [0.2, 0.25) is 5.02 Å². The molecule has 2 atom stereocenters. The van der Waals surface area contributed by atoms with Crippen LogP contribution < -0.4 is 11.1 Å². The van der Waals surface area contributed by atoms with Crippen LogP contribution in [0.1, 0.15) is 19.3 Å². The third kappa shape index (κ3) is 2.60. The van der Waals surface area contributed by atoms with Gasteiger partial charge < -0.3 is 16.2 Å². The normalized spacial score (nSPS) is 24.6. The molecule has 0 bridgehead atoms. The van der Waals surface area contributed by atoms with Gasteiger partial charge in [0, 0.05) is 17.5 Å². The highest BCUT2D eigenvalue weighted by Crippen LogP contribution is 2.28. The molecule has 2 rings (SSSR count). The second-order valence-electron chi connectivity index (χ2n) is 4.37. The molecule has 2 unspecified atom stereocenters. The number of halogens is 1. The van der Waals surface area contributed by atoms with Gasteiger partial charge in [0.15, 0.2) is 0 Å². The molecule has 1 aliphatic carbocycles. The topological polar surface area (TPSA) is 58.3 Å². The summed E-state index contributed by atoms with van der Waals surface area (Å²) in [6, 6.07) is 5.38. The van der Waals surface area contributed by atoms with E-state index in [1.807, 2.05) is 6.07 Å². The van der Waals surface area contributed by atoms with Crippen molar-refractivity contribution >= 4 is 23.0 Å². The van der Waals surface area contributed by atoms with Gasteiger partial charge in [-0.25, -0.2) is 0 Å². The number of rotatable bonds is 3. The number of aliphatic hydroxyl groups excluding tert-OH is 1. The van der Waals surface area contributed by atoms with Crippen LogP contribution in [-0.4, -0.2) is 17.8 Å². The van der Waals surface area contributed by atoms with Crippen LogP contribution in [0.3, 0.4) is 0 Å². The highest BCUT2D eigenvalue weighted by atomic mass is 35.5. The molecule has 3 nitrogen and oxygen atoms in total. The Balaban J connectivity index is 1.96. The zero-order valence-corrected chi connectivity index (χ0v) is 9.87. The molecular formula is C12H17ClN2O. The molecule has 1 saturated carbocycles. The van der Waals surface area contributed by atoms with Gasteiger partial charge in [-0.2, -0.15) is 0 Å². The Morgan fingerprint density at radius 2 is 2.25 bits per heavy atom. The number of nitrogen functional groups attached to an aromatic ring is 1. The van der Waals surface area contributed by atoms with Gasteiger partial charge in [-0.15, -0.1) is 0 Å². The first-order valence-electron chi connectivity index (χ1n) is 5.64. The molecule has 0 radical (unpaired) electrons. The minimum atomic E-state index is -0.173. The molecule has 0 aromatic heterocycles. The number of nitrogens with one attached hydrogen (secondary N) is 1. The molecule has 1 aromatic rings. The Bertz CT molecular complexity index is 370. The number of benzene rings is 1. The molecule has 0 amide bonds. The smallest absolute Gasteiger partial charge is 0.0588 e. The molecular weight excluding hydrogens is 224 g/mol. The van der Waals surface area contributed by atoms with Crippen LogP contribution in [-0.2, 0) is 0 Å². The first kappa shape index (κ1) is 11.6. The van der Waals surface area contributed by atoms with Crippen molar-refractivity contribution in [2.45, 2.75) is 25.4 Å². The van der Waals surface area contributed by atoms with Crippen LogP contribution in [0.15, 0.2) is 18.2 Å². The van der Waals surface area contributed by atoms with E-state index in [0.717, 1.165) is 31.5 Å². The summed E-state index contributed by atoms with van der Waals surface area (Å²) in [4.78, 5) is 0. The fraction of sp³-hybridized carbons (Fsp3) is 0.500. The van der Waals surface area contributed by atoms with Crippen molar-refractivity contribution in [2.75, 3.05) is 17.6 Å². The number of aliphatic hydroxyl groups is 1. The fourth-order valence-corrected chi connectivity index (χ4v) is 2.35. The van der Waals surface area contributed by atoms with Gasteiger partial charge in [0.25, 0.3) is 0 Å². The van der Waals surface area contributed by atoms with E-state index < -0.39 is 0 Å². The molecule has 0 aliphatic heterocycles. The summed E-state index contributed by atoms with van der Waals surface area (Å²) in [7, 11) is 0. The molecule has 1 aromatic carbocycles. The highest BCUT2D eigenvalue weighted by molar-refractivity contribution is 6.31. The molecule has 0 heterocycles. The Morgan fingerprint density at radius 3 is 2.94 bits per heavy atom. The van der Waals surface area contributed by atoms with Crippen molar-refractivity contribution in [3.63, 3.8) is 0 Å². The molecule has 1 fully saturated rings. The van der Waals surface area contributed by atoms with Crippen LogP contribution >= 0.6 is 11.6 Å². The maximum absolute atomic E-state index is 9.69. The lowest BCUT2D eigenvalue weighted by atomic mass is 10.1. The van der Waals surface area contributed by atoms with E-state index in [9.17, 15) is 5.11 Å². The van der Waals surface area contributed by atoms with Gasteiger partial charge in [-0.3, -0.25) is 0 Å². The molecule has 16 heavy (non-hydrogen) atoms. The summed E-state index contributed by atoms with van der Waals surface area (Å²) in [5.74, 6) is 0.332. The molecule has 1 aliphatic rings. The third-order valence-corrected chi connectivity index (χ3v) is 3.42. The van der Waals surface area contributed by atoms with Crippen molar-refractivity contribution in [2.24, 2.45) is 5.92 Å². The standard InChI is InChI=1S/C12H17ClN2O/c13-9-4-5-10(14)11(6-9)15-7-8-2-1-3-12(8)16/h4-6,8,12,15-16H,1-3,7,14H2. The van der Waals surface area contributed by atoms with E-state index in [4.69, 9.17) is 17.3 Å². The lowest BCUT2D eigenvalue weighted by molar-refractivity contribution is 0.138. The summed E-state index contributed by atoms with van der Waals surface area (Å²) in [6.45, 7) is 0.756. The minimum Gasteiger partial charge on any atom is -0.397 e. The molecule has 88 valence electrons. The number of hydrogen-bond acceptors (Lipinski definition) is 3. The van der Waals surface area contributed by atoms with Crippen LogP contribution in [0, 0.1) is 5.92 Å². The van der Waals surface area contributed by atoms with Gasteiger partial charge in [0.05, 0.1) is 17.5 Å². The van der Waals surface area contributed by atoms with Gasteiger partial charge in [0.1, 0.15) is 0 Å². The predicted octanol–water partition coefficient (Wildman–Crippen LogP) is 2.50. The van der Waals surface area contributed by atoms with Gasteiger partial charge in [-0.1, -0.05) is 18.0 Å². The Kier molecular flexibility index (Phi) is 3.56. The maximum Gasteiger partial charge on any atom is 0.0588 e. The van der Waals surface area contributed by atoms with E-state index in [0.29, 0.717) is 16.6 Å². The summed E-state index contributed by atoms with van der Waals surface area (Å²) >= 11 is 5.90. The molecule has 0 saturated heterocycles. The van der Waals surface area contributed by atoms with Gasteiger partial charge >= 0.3 is 0 Å². The average Bonchev–Trinajstić information content (AvgIpc) is 2.66. The largest absolute Gasteiger partial charge is 0.397 e. The zero-order valence-electron chi connectivity index (χ0n) is 9.12. The fourth-order valence-electron chi connectivity index (χ4n) is 2.18. The van der Waals surface area contributed by atoms with Crippen LogP contribution in [0.4, 0.5) is 11.4 Å². The monoisotopic (exact) mass is 240 g/mol. The van der Waals surface area contributed by atoms with Gasteiger partial charge in [-0.05, 0) is 31.0 Å². The third-order valence-electron chi connectivity index (χ3n) is 3.19. The first-order chi connectivity index (χ1) is 7.66. The minimum absolute atomic E-state index is 0.173. The van der Waals surface area contributed by atoms with Crippen LogP contribution in [0.5, 0.6) is 0 Å². The van der Waals surface area contributed by atoms with E-state index >= 15 is 0 Å². The highest BCUT2D eigenvalue weighted by Gasteiger charge is 2.24. The number of hydrogen-bond donors (Lipinski definition) is 3. The maximum atomic E-state index is 9.69. The summed E-state index contributed by atoms with van der Waals surface area (Å²) in [5.41, 5.74) is 7.37. The predicted molar refractivity (Wildman–Crippen MR) is 67.7 cm³/mol. The second kappa shape index (κ2) is 4.93. The zero-order chi connectivity index (χ0) is 11.5. The van der Waals surface area contributed by atoms with Crippen LogP contribution in [0.25, 0.3) is 0 Å². The van der Waals surface area contributed by atoms with Crippen molar-refractivity contribution < 1.29 is 5.11 Å². The Hall–Kier alpha value is -0.930. The van der Waals surface area contributed by atoms with E-state index in [1.165, 1.54) is 0 Å². The second-order valence-corrected chi connectivity index (χ2v) is 4.81. The molecule has 4 heteroatoms. The van der Waals surface area contributed by atoms with E-state index in [-0.39, 0.29) is 6.10 Å². The SMILES string of the molecule is Nc1ccc(Cl)cc1NCC1CCCC1O. The quantitative estimate of drug-likeness (QED) is 0.712. The summed E-state index contributed by atoms with van der Waals surface area (Å²) in [6.07, 6.45) is 2.93. The molecule has 0 spiro atoms. The molecule has 4 N–H and O–H groups in total. The Morgan fingerprint density at radius 1 is 1.44 bits per heavy atom. The van der Waals surface area contributed by atoms with E-state index in [2.05, 4.69) is 5.32 Å². The average molecular weight is 241 g/mol. The number of anilines is 2. The van der Waals surface area contributed by atoms with Gasteiger partial charge in [0.2, 0.25) is 0 Å². The van der Waals surface area contributed by atoms with E-state index in [1.54, 1.807) is 12.1 Å².